The van der Waals surface area contributed by atoms with E-state index in [0.29, 0.717) is 5.57 Å². The van der Waals surface area contributed by atoms with Gasteiger partial charge < -0.3 is 0 Å². The molecule has 0 saturated heterocycles. The molecule has 0 aliphatic heterocycles. The second kappa shape index (κ2) is 7.39. The number of halogens is 3. The summed E-state index contributed by atoms with van der Waals surface area (Å²) in [5.41, 5.74) is 4.26. The average molecular weight is 338 g/mol. The first-order valence-electron chi connectivity index (χ1n) is 8.01. The van der Waals surface area contributed by atoms with Crippen LogP contribution in [0.15, 0.2) is 91.0 Å². The molecule has 3 aromatic rings. The highest BCUT2D eigenvalue weighted by Gasteiger charge is 2.25. The van der Waals surface area contributed by atoms with Crippen LogP contribution in [0.1, 0.15) is 17.5 Å². The van der Waals surface area contributed by atoms with E-state index >= 15 is 0 Å². The van der Waals surface area contributed by atoms with Gasteiger partial charge in [0, 0.05) is 0 Å². The van der Waals surface area contributed by atoms with Crippen LogP contribution in [-0.2, 0) is 0 Å². The largest absolute Gasteiger partial charge is 0.392 e. The Balaban J connectivity index is 1.96. The summed E-state index contributed by atoms with van der Waals surface area (Å²) in [6.45, 7) is 0. The van der Waals surface area contributed by atoms with Crippen molar-refractivity contribution in [1.82, 2.24) is 0 Å². The molecule has 0 N–H and O–H groups in total. The average Bonchev–Trinajstić information content (AvgIpc) is 2.63. The lowest BCUT2D eigenvalue weighted by Crippen LogP contribution is -2.05. The normalized spacial score (nSPS) is 12.2. The van der Waals surface area contributed by atoms with E-state index in [9.17, 15) is 13.2 Å². The molecule has 0 fully saturated rings. The molecule has 0 saturated carbocycles. The quantitative estimate of drug-likeness (QED) is 0.494. The van der Waals surface area contributed by atoms with Gasteiger partial charge in [-0.1, -0.05) is 91.0 Å². The van der Waals surface area contributed by atoms with Gasteiger partial charge in [-0.05, 0) is 27.8 Å². The number of hydrogen-bond donors (Lipinski definition) is 0. The summed E-state index contributed by atoms with van der Waals surface area (Å²) < 4.78 is 38.1. The molecule has 0 radical (unpaired) electrons. The molecule has 126 valence electrons. The molecule has 0 atom stereocenters. The Morgan fingerprint density at radius 2 is 1.12 bits per heavy atom. The summed E-state index contributed by atoms with van der Waals surface area (Å²) in [5.74, 6) is 0. The van der Waals surface area contributed by atoms with Gasteiger partial charge in [0.1, 0.15) is 0 Å². The first kappa shape index (κ1) is 17.0. The first-order chi connectivity index (χ1) is 12.0. The molecule has 3 heteroatoms. The Kier molecular flexibility index (Phi) is 5.03. The molecule has 25 heavy (non-hydrogen) atoms. The predicted octanol–water partition coefficient (Wildman–Crippen LogP) is 6.74. The maximum Gasteiger partial charge on any atom is 0.392 e. The third kappa shape index (κ3) is 4.60. The molecule has 0 aliphatic carbocycles. The molecule has 0 amide bonds. The lowest BCUT2D eigenvalue weighted by Gasteiger charge is -2.11. The van der Waals surface area contributed by atoms with Crippen molar-refractivity contribution in [1.29, 1.82) is 0 Å². The highest BCUT2D eigenvalue weighted by Crippen LogP contribution is 2.29. The van der Waals surface area contributed by atoms with Gasteiger partial charge in [-0.2, -0.15) is 13.2 Å². The van der Waals surface area contributed by atoms with Gasteiger partial charge in [0.15, 0.2) is 0 Å². The van der Waals surface area contributed by atoms with Gasteiger partial charge in [-0.15, -0.1) is 0 Å². The molecule has 3 rings (SSSR count). The Labute approximate surface area is 145 Å². The fourth-order valence-electron chi connectivity index (χ4n) is 2.71. The smallest absolute Gasteiger partial charge is 0.171 e. The van der Waals surface area contributed by atoms with Crippen molar-refractivity contribution in [3.63, 3.8) is 0 Å². The lowest BCUT2D eigenvalue weighted by molar-refractivity contribution is -0.124. The number of alkyl halides is 3. The molecular formula is C22H17F3. The van der Waals surface area contributed by atoms with Crippen LogP contribution in [0.25, 0.3) is 16.7 Å². The van der Waals surface area contributed by atoms with Crippen molar-refractivity contribution in [2.75, 3.05) is 0 Å². The summed E-state index contributed by atoms with van der Waals surface area (Å²) in [6.07, 6.45) is -3.91. The maximum atomic E-state index is 12.7. The summed E-state index contributed by atoms with van der Waals surface area (Å²) in [7, 11) is 0. The standard InChI is InChI=1S/C22H17F3/c23-22(24,25)16-15-21(19-9-5-2-6-10-19)20-13-11-18(12-14-20)17-7-3-1-4-8-17/h1-15H,16H2. The minimum absolute atomic E-state index is 0.595. The molecule has 0 spiro atoms. The van der Waals surface area contributed by atoms with E-state index in [1.807, 2.05) is 84.9 Å². The van der Waals surface area contributed by atoms with E-state index in [-0.39, 0.29) is 0 Å². The van der Waals surface area contributed by atoms with E-state index in [1.54, 1.807) is 0 Å². The van der Waals surface area contributed by atoms with Crippen molar-refractivity contribution < 1.29 is 13.2 Å². The van der Waals surface area contributed by atoms with Crippen molar-refractivity contribution >= 4 is 5.57 Å². The van der Waals surface area contributed by atoms with E-state index in [4.69, 9.17) is 0 Å². The maximum absolute atomic E-state index is 12.7. The third-order valence-corrected chi connectivity index (χ3v) is 3.93. The SMILES string of the molecule is FC(F)(F)CC=C(c1ccccc1)c1ccc(-c2ccccc2)cc1. The van der Waals surface area contributed by atoms with Crippen LogP contribution in [0.3, 0.4) is 0 Å². The third-order valence-electron chi connectivity index (χ3n) is 3.93. The minimum atomic E-state index is -4.22. The van der Waals surface area contributed by atoms with E-state index in [0.717, 1.165) is 22.3 Å². The first-order valence-corrected chi connectivity index (χ1v) is 8.01. The Morgan fingerprint density at radius 1 is 0.640 bits per heavy atom. The molecule has 0 unspecified atom stereocenters. The van der Waals surface area contributed by atoms with Crippen LogP contribution >= 0.6 is 0 Å². The van der Waals surface area contributed by atoms with Crippen molar-refractivity contribution in [2.24, 2.45) is 0 Å². The zero-order chi connectivity index (χ0) is 17.7. The molecule has 0 aliphatic rings. The zero-order valence-corrected chi connectivity index (χ0v) is 13.5. The van der Waals surface area contributed by atoms with Gasteiger partial charge in [0.2, 0.25) is 0 Å². The van der Waals surface area contributed by atoms with Crippen LogP contribution in [0, 0.1) is 0 Å². The monoisotopic (exact) mass is 338 g/mol. The minimum Gasteiger partial charge on any atom is -0.171 e. The highest BCUT2D eigenvalue weighted by atomic mass is 19.4. The zero-order valence-electron chi connectivity index (χ0n) is 13.5. The Hall–Kier alpha value is -2.81. The van der Waals surface area contributed by atoms with Crippen LogP contribution in [0.2, 0.25) is 0 Å². The van der Waals surface area contributed by atoms with E-state index < -0.39 is 12.6 Å². The van der Waals surface area contributed by atoms with Crippen molar-refractivity contribution in [3.8, 4) is 11.1 Å². The second-order valence-corrected chi connectivity index (χ2v) is 5.75. The molecule has 0 heterocycles. The molecule has 0 nitrogen and oxygen atoms in total. The topological polar surface area (TPSA) is 0 Å². The second-order valence-electron chi connectivity index (χ2n) is 5.75. The van der Waals surface area contributed by atoms with E-state index in [1.165, 1.54) is 6.08 Å². The number of benzene rings is 3. The fraction of sp³-hybridized carbons (Fsp3) is 0.0909. The van der Waals surface area contributed by atoms with Crippen molar-refractivity contribution in [3.05, 3.63) is 102 Å². The lowest BCUT2D eigenvalue weighted by atomic mass is 9.95. The summed E-state index contributed by atoms with van der Waals surface area (Å²) in [6, 6.07) is 26.7. The van der Waals surface area contributed by atoms with Gasteiger partial charge in [0.25, 0.3) is 0 Å². The van der Waals surface area contributed by atoms with Gasteiger partial charge in [0.05, 0.1) is 6.42 Å². The van der Waals surface area contributed by atoms with Gasteiger partial charge >= 0.3 is 6.18 Å². The predicted molar refractivity (Wildman–Crippen MR) is 96.1 cm³/mol. The summed E-state index contributed by atoms with van der Waals surface area (Å²) >= 11 is 0. The Morgan fingerprint density at radius 3 is 1.68 bits per heavy atom. The highest BCUT2D eigenvalue weighted by molar-refractivity contribution is 5.81. The molecule has 3 aromatic carbocycles. The van der Waals surface area contributed by atoms with Crippen LogP contribution in [-0.4, -0.2) is 6.18 Å². The van der Waals surface area contributed by atoms with E-state index in [2.05, 4.69) is 0 Å². The number of allylic oxidation sites excluding steroid dienone is 1. The van der Waals surface area contributed by atoms with Gasteiger partial charge in [-0.25, -0.2) is 0 Å². The summed E-state index contributed by atoms with van der Waals surface area (Å²) in [5, 5.41) is 0. The van der Waals surface area contributed by atoms with Crippen LogP contribution < -0.4 is 0 Å². The molecule has 0 bridgehead atoms. The van der Waals surface area contributed by atoms with Gasteiger partial charge in [-0.3, -0.25) is 0 Å². The molecule has 0 aromatic heterocycles. The van der Waals surface area contributed by atoms with Crippen LogP contribution in [0.5, 0.6) is 0 Å². The number of hydrogen-bond acceptors (Lipinski definition) is 0. The number of rotatable bonds is 4. The van der Waals surface area contributed by atoms with Crippen LogP contribution in [0.4, 0.5) is 13.2 Å². The molecular weight excluding hydrogens is 321 g/mol. The summed E-state index contributed by atoms with van der Waals surface area (Å²) in [4.78, 5) is 0. The van der Waals surface area contributed by atoms with Crippen molar-refractivity contribution in [2.45, 2.75) is 12.6 Å². The Bertz CT molecular complexity index is 830. The fourth-order valence-corrected chi connectivity index (χ4v) is 2.71.